The number of benzene rings is 4. The molecule has 0 amide bonds. The van der Waals surface area contributed by atoms with Crippen LogP contribution in [0.3, 0.4) is 0 Å². The van der Waals surface area contributed by atoms with Crippen LogP contribution >= 0.6 is 34.8 Å². The van der Waals surface area contributed by atoms with Gasteiger partial charge in [0.05, 0.1) is 6.61 Å². The minimum absolute atomic E-state index is 0. The standard InChI is InChI=1S/C15H15ClO2.C12H10O2.C3H6Cl2.CH2O3.CH4.2K.H/c16-11-4-12-17-13-7-9-15(10-8-13)18-14-5-2-1-3-6-14;13-10-6-8-12(9-7-10)14-11-4-2-1-3-5-11;4-2-1-3-5;2-1-4-3;;;;/h1-3,5-10H,4,11-12H2;1-9,13H;1-3H2;1,3H;1H4;;;/q;;;;;2*+1;-1/p-1. The van der Waals surface area contributed by atoms with Gasteiger partial charge in [0.15, 0.2) is 0 Å². The van der Waals surface area contributed by atoms with Crippen LogP contribution in [0.1, 0.15) is 21.7 Å². The molecule has 4 aromatic carbocycles. The third-order valence-corrected chi connectivity index (χ3v) is 5.27. The van der Waals surface area contributed by atoms with E-state index in [0.717, 1.165) is 35.8 Å². The molecule has 230 valence electrons. The number of hydrogen-bond donors (Lipinski definition) is 1. The first-order valence-electron chi connectivity index (χ1n) is 12.4. The fourth-order valence-electron chi connectivity index (χ4n) is 2.66. The van der Waals surface area contributed by atoms with Crippen molar-refractivity contribution in [3.8, 4) is 34.5 Å². The van der Waals surface area contributed by atoms with Gasteiger partial charge in [-0.2, -0.15) is 0 Å². The molecule has 0 saturated carbocycles. The Morgan fingerprint density at radius 2 is 0.955 bits per heavy atom. The van der Waals surface area contributed by atoms with Crippen LogP contribution in [0.4, 0.5) is 0 Å². The molecule has 0 aliphatic rings. The molecule has 7 nitrogen and oxygen atoms in total. The first kappa shape index (κ1) is 48.1. The van der Waals surface area contributed by atoms with E-state index in [0.29, 0.717) is 30.0 Å². The van der Waals surface area contributed by atoms with E-state index < -0.39 is 0 Å². The second-order valence-electron chi connectivity index (χ2n) is 7.61. The van der Waals surface area contributed by atoms with Crippen molar-refractivity contribution in [2.24, 2.45) is 0 Å². The molecular weight excluding hydrogens is 681 g/mol. The quantitative estimate of drug-likeness (QED) is 0.0637. The number of hydrogen-bond acceptors (Lipinski definition) is 7. The molecule has 0 saturated heterocycles. The molecule has 0 atom stereocenters. The Hall–Kier alpha value is -0.347. The molecule has 0 bridgehead atoms. The van der Waals surface area contributed by atoms with Crippen molar-refractivity contribution in [1.82, 2.24) is 0 Å². The van der Waals surface area contributed by atoms with Crippen LogP contribution < -0.4 is 122 Å². The minimum atomic E-state index is -0.181. The zero-order valence-corrected chi connectivity index (χ0v) is 32.8. The van der Waals surface area contributed by atoms with Crippen molar-refractivity contribution >= 4 is 41.3 Å². The van der Waals surface area contributed by atoms with E-state index in [2.05, 4.69) is 4.89 Å². The fraction of sp³-hybridized carbons (Fsp3) is 0.219. The Kier molecular flexibility index (Phi) is 37.1. The van der Waals surface area contributed by atoms with Gasteiger partial charge in [-0.1, -0.05) is 43.8 Å². The van der Waals surface area contributed by atoms with Gasteiger partial charge in [-0.3, -0.25) is 4.79 Å². The monoisotopic (exact) mass is 716 g/mol. The average molecular weight is 718 g/mol. The van der Waals surface area contributed by atoms with E-state index in [1.165, 1.54) is 0 Å². The largest absolute Gasteiger partial charge is 1.00 e. The smallest absolute Gasteiger partial charge is 1.00 e. The third-order valence-electron chi connectivity index (χ3n) is 4.47. The molecular formula is C32H37Cl3K2O7. The van der Waals surface area contributed by atoms with Gasteiger partial charge in [-0.05, 0) is 85.6 Å². The van der Waals surface area contributed by atoms with Gasteiger partial charge in [0.25, 0.3) is 6.47 Å². The number of aromatic hydroxyl groups is 1. The zero-order chi connectivity index (χ0) is 30.0. The molecule has 4 aromatic rings. The molecule has 44 heavy (non-hydrogen) atoms. The number of rotatable bonds is 11. The first-order chi connectivity index (χ1) is 20.1. The Labute approximate surface area is 362 Å². The molecule has 0 aromatic heterocycles. The molecule has 1 N–H and O–H groups in total. The summed E-state index contributed by atoms with van der Waals surface area (Å²) in [6.45, 7) is 0.461. The third kappa shape index (κ3) is 25.8. The van der Waals surface area contributed by atoms with E-state index in [9.17, 15) is 0 Å². The van der Waals surface area contributed by atoms with Crippen LogP contribution in [0.2, 0.25) is 0 Å². The topological polar surface area (TPSA) is 97.3 Å². The summed E-state index contributed by atoms with van der Waals surface area (Å²) in [5.74, 6) is 6.19. The number of para-hydroxylation sites is 2. The van der Waals surface area contributed by atoms with Gasteiger partial charge in [-0.25, -0.2) is 0 Å². The van der Waals surface area contributed by atoms with Gasteiger partial charge >= 0.3 is 103 Å². The van der Waals surface area contributed by atoms with Gasteiger partial charge in [0, 0.05) is 17.6 Å². The number of ether oxygens (including phenoxy) is 3. The first-order valence-corrected chi connectivity index (χ1v) is 14.0. The molecule has 0 aliphatic heterocycles. The maximum Gasteiger partial charge on any atom is 1.00 e. The normalized spacial score (nSPS) is 8.64. The van der Waals surface area contributed by atoms with Gasteiger partial charge in [-0.15, -0.1) is 34.8 Å². The number of alkyl halides is 3. The second-order valence-corrected chi connectivity index (χ2v) is 8.74. The summed E-state index contributed by atoms with van der Waals surface area (Å²) in [4.78, 5) is 11.2. The Morgan fingerprint density at radius 3 is 1.30 bits per heavy atom. The van der Waals surface area contributed by atoms with E-state index in [1.807, 2.05) is 84.9 Å². The average Bonchev–Trinajstić information content (AvgIpc) is 3.02. The summed E-state index contributed by atoms with van der Waals surface area (Å²) in [5, 5.41) is 17.5. The number of carbonyl (C=O) groups excluding carboxylic acids is 1. The van der Waals surface area contributed by atoms with Crippen molar-refractivity contribution < 1.29 is 138 Å². The van der Waals surface area contributed by atoms with Crippen molar-refractivity contribution in [1.29, 1.82) is 0 Å². The minimum Gasteiger partial charge on any atom is -1.00 e. The van der Waals surface area contributed by atoms with Gasteiger partial charge < -0.3 is 30.9 Å². The van der Waals surface area contributed by atoms with E-state index in [-0.39, 0.29) is 124 Å². The predicted molar refractivity (Wildman–Crippen MR) is 169 cm³/mol. The molecule has 0 spiro atoms. The van der Waals surface area contributed by atoms with Gasteiger partial charge in [0.1, 0.15) is 34.5 Å². The SMILES string of the molecule is C.ClCCCCl.ClCCCOc1ccc(Oc2ccccc2)cc1.O=CO[O-].Oc1ccc(Oc2ccccc2)cc1.[H-].[K+].[K+]. The van der Waals surface area contributed by atoms with Crippen LogP contribution in [0, 0.1) is 0 Å². The summed E-state index contributed by atoms with van der Waals surface area (Å²) in [7, 11) is 0. The van der Waals surface area contributed by atoms with E-state index in [4.69, 9.17) is 64.2 Å². The van der Waals surface area contributed by atoms with Crippen LogP contribution in [0.15, 0.2) is 109 Å². The van der Waals surface area contributed by atoms with Crippen LogP contribution in [0.5, 0.6) is 34.5 Å². The molecule has 4 rings (SSSR count). The van der Waals surface area contributed by atoms with Crippen molar-refractivity contribution in [3.63, 3.8) is 0 Å². The van der Waals surface area contributed by atoms with Crippen molar-refractivity contribution in [3.05, 3.63) is 109 Å². The molecule has 0 radical (unpaired) electrons. The number of carbonyl (C=O) groups is 1. The van der Waals surface area contributed by atoms with E-state index in [1.54, 1.807) is 24.3 Å². The second kappa shape index (κ2) is 34.0. The Morgan fingerprint density at radius 1 is 0.614 bits per heavy atom. The van der Waals surface area contributed by atoms with Crippen LogP contribution in [-0.4, -0.2) is 35.8 Å². The molecule has 12 heteroatoms. The number of phenols is 1. The van der Waals surface area contributed by atoms with Crippen LogP contribution in [-0.2, 0) is 9.68 Å². The predicted octanol–water partition coefficient (Wildman–Crippen LogP) is 2.72. The molecule has 0 unspecified atom stereocenters. The Balaban J connectivity index is -0.000000279. The summed E-state index contributed by atoms with van der Waals surface area (Å²) < 4.78 is 16.7. The summed E-state index contributed by atoms with van der Waals surface area (Å²) in [6.07, 6.45) is 1.77. The van der Waals surface area contributed by atoms with Crippen molar-refractivity contribution in [2.45, 2.75) is 20.3 Å². The fourth-order valence-corrected chi connectivity index (χ4v) is 3.18. The molecule has 0 heterocycles. The Bertz CT molecular complexity index is 1170. The number of phenolic OH excluding ortho intramolecular Hbond substituents is 1. The molecule has 0 fully saturated rings. The van der Waals surface area contributed by atoms with Gasteiger partial charge in [0.2, 0.25) is 0 Å². The summed E-state index contributed by atoms with van der Waals surface area (Å²) in [6, 6.07) is 33.4. The van der Waals surface area contributed by atoms with Crippen LogP contribution in [0.25, 0.3) is 0 Å². The van der Waals surface area contributed by atoms with E-state index >= 15 is 0 Å². The maximum atomic E-state index is 9.07. The summed E-state index contributed by atoms with van der Waals surface area (Å²) in [5.41, 5.74) is 0. The summed E-state index contributed by atoms with van der Waals surface area (Å²) >= 11 is 16.0. The maximum absolute atomic E-state index is 9.07. The number of halogens is 3. The molecule has 0 aliphatic carbocycles. The van der Waals surface area contributed by atoms with Crippen molar-refractivity contribution in [2.75, 3.05) is 24.2 Å². The zero-order valence-electron chi connectivity index (χ0n) is 25.2.